The maximum absolute atomic E-state index is 6.09. The van der Waals surface area contributed by atoms with E-state index in [4.69, 9.17) is 23.8 Å². The molecule has 3 nitrogen and oxygen atoms in total. The highest BCUT2D eigenvalue weighted by Gasteiger charge is 2.30. The molecule has 1 unspecified atom stereocenters. The number of nitrogens with one attached hydrogen (secondary N) is 1. The van der Waals surface area contributed by atoms with Crippen LogP contribution < -0.4 is 5.32 Å². The van der Waals surface area contributed by atoms with Gasteiger partial charge in [0.25, 0.3) is 0 Å². The Morgan fingerprint density at radius 2 is 1.77 bits per heavy atom. The van der Waals surface area contributed by atoms with Gasteiger partial charge in [-0.15, -0.1) is 0 Å². The van der Waals surface area contributed by atoms with E-state index < -0.39 is 0 Å². The van der Waals surface area contributed by atoms with Crippen LogP contribution in [0.4, 0.5) is 5.69 Å². The topological polar surface area (TPSA) is 20.2 Å². The zero-order chi connectivity index (χ0) is 18.1. The summed E-state index contributed by atoms with van der Waals surface area (Å²) in [5, 5.41) is 4.87. The number of anilines is 1. The SMILES string of the molecule is Cc1ccc(NC(=S)N2CCn3cccc3C2c2ccc(Cl)cc2)cc1. The molecule has 0 amide bonds. The Bertz CT molecular complexity index is 915. The number of hydrogen-bond donors (Lipinski definition) is 1. The van der Waals surface area contributed by atoms with E-state index in [1.54, 1.807) is 0 Å². The molecule has 0 fully saturated rings. The van der Waals surface area contributed by atoms with Crippen LogP contribution >= 0.6 is 23.8 Å². The highest BCUT2D eigenvalue weighted by atomic mass is 35.5. The van der Waals surface area contributed by atoms with Crippen molar-refractivity contribution in [1.29, 1.82) is 0 Å². The summed E-state index contributed by atoms with van der Waals surface area (Å²) in [5.41, 5.74) is 4.67. The molecular weight excluding hydrogens is 362 g/mol. The Morgan fingerprint density at radius 3 is 2.50 bits per heavy atom. The molecule has 5 heteroatoms. The minimum Gasteiger partial charge on any atom is -0.348 e. The van der Waals surface area contributed by atoms with Gasteiger partial charge in [0.15, 0.2) is 5.11 Å². The zero-order valence-corrected chi connectivity index (χ0v) is 16.1. The van der Waals surface area contributed by atoms with Crippen LogP contribution in [-0.4, -0.2) is 21.1 Å². The first-order valence-electron chi connectivity index (χ1n) is 8.66. The molecule has 1 aromatic heterocycles. The predicted molar refractivity (Wildman–Crippen MR) is 112 cm³/mol. The first-order valence-corrected chi connectivity index (χ1v) is 9.45. The summed E-state index contributed by atoms with van der Waals surface area (Å²) < 4.78 is 2.30. The van der Waals surface area contributed by atoms with E-state index in [0.717, 1.165) is 28.9 Å². The van der Waals surface area contributed by atoms with Gasteiger partial charge in [-0.2, -0.15) is 0 Å². The third-order valence-corrected chi connectivity index (χ3v) is 5.38. The average Bonchev–Trinajstić information content (AvgIpc) is 3.12. The van der Waals surface area contributed by atoms with E-state index in [9.17, 15) is 0 Å². The number of hydrogen-bond acceptors (Lipinski definition) is 1. The molecule has 4 rings (SSSR count). The summed E-state index contributed by atoms with van der Waals surface area (Å²) in [5.74, 6) is 0. The average molecular weight is 382 g/mol. The monoisotopic (exact) mass is 381 g/mol. The molecule has 0 bridgehead atoms. The van der Waals surface area contributed by atoms with Gasteiger partial charge < -0.3 is 14.8 Å². The summed E-state index contributed by atoms with van der Waals surface area (Å²) >= 11 is 11.9. The maximum Gasteiger partial charge on any atom is 0.174 e. The number of fused-ring (bicyclic) bond motifs is 1. The van der Waals surface area contributed by atoms with Crippen molar-refractivity contribution >= 4 is 34.6 Å². The lowest BCUT2D eigenvalue weighted by molar-refractivity contribution is 0.293. The van der Waals surface area contributed by atoms with Crippen LogP contribution in [0.3, 0.4) is 0 Å². The van der Waals surface area contributed by atoms with Gasteiger partial charge in [0.1, 0.15) is 0 Å². The van der Waals surface area contributed by atoms with Gasteiger partial charge in [-0.1, -0.05) is 41.4 Å². The van der Waals surface area contributed by atoms with Crippen molar-refractivity contribution in [2.24, 2.45) is 0 Å². The molecule has 1 atom stereocenters. The Hall–Kier alpha value is -2.30. The number of aromatic nitrogens is 1. The fourth-order valence-electron chi connectivity index (χ4n) is 3.43. The lowest BCUT2D eigenvalue weighted by Gasteiger charge is -2.39. The van der Waals surface area contributed by atoms with E-state index in [1.165, 1.54) is 16.8 Å². The number of rotatable bonds is 2. The number of nitrogens with zero attached hydrogens (tertiary/aromatic N) is 2. The van der Waals surface area contributed by atoms with E-state index in [-0.39, 0.29) is 6.04 Å². The first kappa shape index (κ1) is 17.1. The molecule has 1 N–H and O–H groups in total. The van der Waals surface area contributed by atoms with Crippen molar-refractivity contribution < 1.29 is 0 Å². The van der Waals surface area contributed by atoms with Crippen molar-refractivity contribution in [2.75, 3.05) is 11.9 Å². The summed E-state index contributed by atoms with van der Waals surface area (Å²) in [6.07, 6.45) is 2.13. The second-order valence-corrected chi connectivity index (χ2v) is 7.39. The molecule has 1 aliphatic rings. The van der Waals surface area contributed by atoms with Gasteiger partial charge in [-0.05, 0) is 61.1 Å². The Labute approximate surface area is 164 Å². The molecule has 132 valence electrons. The standard InChI is InChI=1S/C21H20ClN3S/c1-15-4-10-18(11-5-15)23-21(26)25-14-13-24-12-2-3-19(24)20(25)16-6-8-17(22)9-7-16/h2-12,20H,13-14H2,1H3,(H,23,26). The number of benzene rings is 2. The van der Waals surface area contributed by atoms with Gasteiger partial charge >= 0.3 is 0 Å². The van der Waals surface area contributed by atoms with E-state index in [2.05, 4.69) is 76.4 Å². The Kier molecular flexibility index (Phi) is 4.70. The van der Waals surface area contributed by atoms with Crippen LogP contribution in [0.15, 0.2) is 66.9 Å². The van der Waals surface area contributed by atoms with Crippen molar-refractivity contribution in [2.45, 2.75) is 19.5 Å². The van der Waals surface area contributed by atoms with E-state index in [1.807, 2.05) is 12.1 Å². The molecule has 1 aliphatic heterocycles. The van der Waals surface area contributed by atoms with Crippen molar-refractivity contribution in [1.82, 2.24) is 9.47 Å². The maximum atomic E-state index is 6.09. The van der Waals surface area contributed by atoms with Gasteiger partial charge in [0.05, 0.1) is 6.04 Å². The molecule has 0 saturated heterocycles. The van der Waals surface area contributed by atoms with Crippen molar-refractivity contribution in [3.63, 3.8) is 0 Å². The quantitative estimate of drug-likeness (QED) is 0.612. The van der Waals surface area contributed by atoms with Crippen LogP contribution in [0.5, 0.6) is 0 Å². The minimum atomic E-state index is 0.0708. The normalized spacial score (nSPS) is 16.2. The van der Waals surface area contributed by atoms with Crippen LogP contribution in [0.1, 0.15) is 22.9 Å². The molecule has 0 saturated carbocycles. The fraction of sp³-hybridized carbons (Fsp3) is 0.190. The summed E-state index contributed by atoms with van der Waals surface area (Å²) in [4.78, 5) is 2.26. The van der Waals surface area contributed by atoms with E-state index >= 15 is 0 Å². The molecular formula is C21H20ClN3S. The molecule has 0 radical (unpaired) electrons. The van der Waals surface area contributed by atoms with E-state index in [0.29, 0.717) is 0 Å². The smallest absolute Gasteiger partial charge is 0.174 e. The minimum absolute atomic E-state index is 0.0708. The molecule has 26 heavy (non-hydrogen) atoms. The molecule has 2 heterocycles. The molecule has 2 aromatic carbocycles. The van der Waals surface area contributed by atoms with Crippen molar-refractivity contribution in [3.05, 3.63) is 88.7 Å². The number of halogens is 1. The highest BCUT2D eigenvalue weighted by molar-refractivity contribution is 7.80. The largest absolute Gasteiger partial charge is 0.348 e. The summed E-state index contributed by atoms with van der Waals surface area (Å²) in [6, 6.07) is 20.7. The molecule has 0 aliphatic carbocycles. The molecule has 0 spiro atoms. The second-order valence-electron chi connectivity index (χ2n) is 6.57. The summed E-state index contributed by atoms with van der Waals surface area (Å²) in [7, 11) is 0. The van der Waals surface area contributed by atoms with Crippen LogP contribution in [0.2, 0.25) is 5.02 Å². The highest BCUT2D eigenvalue weighted by Crippen LogP contribution is 2.33. The second kappa shape index (κ2) is 7.14. The number of aryl methyl sites for hydroxylation is 1. The van der Waals surface area contributed by atoms with Gasteiger partial charge in [-0.3, -0.25) is 0 Å². The van der Waals surface area contributed by atoms with Gasteiger partial charge in [-0.25, -0.2) is 0 Å². The Balaban J connectivity index is 1.66. The summed E-state index contributed by atoms with van der Waals surface area (Å²) in [6.45, 7) is 3.85. The number of thiocarbonyl (C=S) groups is 1. The third-order valence-electron chi connectivity index (χ3n) is 4.79. The van der Waals surface area contributed by atoms with Gasteiger partial charge in [0.2, 0.25) is 0 Å². The van der Waals surface area contributed by atoms with Crippen LogP contribution in [0, 0.1) is 6.92 Å². The third kappa shape index (κ3) is 3.35. The lowest BCUT2D eigenvalue weighted by atomic mass is 10.0. The van der Waals surface area contributed by atoms with Gasteiger partial charge in [0, 0.05) is 35.7 Å². The van der Waals surface area contributed by atoms with Crippen LogP contribution in [0.25, 0.3) is 0 Å². The fourth-order valence-corrected chi connectivity index (χ4v) is 3.87. The first-order chi connectivity index (χ1) is 12.6. The lowest BCUT2D eigenvalue weighted by Crippen LogP contribution is -2.44. The Morgan fingerprint density at radius 1 is 1.04 bits per heavy atom. The predicted octanol–water partition coefficient (Wildman–Crippen LogP) is 5.25. The van der Waals surface area contributed by atoms with Crippen molar-refractivity contribution in [3.8, 4) is 0 Å². The molecule has 3 aromatic rings. The zero-order valence-electron chi connectivity index (χ0n) is 14.5. The van der Waals surface area contributed by atoms with Crippen LogP contribution in [-0.2, 0) is 6.54 Å².